The van der Waals surface area contributed by atoms with E-state index >= 15 is 0 Å². The van der Waals surface area contributed by atoms with Crippen molar-refractivity contribution >= 4 is 11.6 Å². The first-order valence-corrected chi connectivity index (χ1v) is 9.28. The van der Waals surface area contributed by atoms with E-state index in [9.17, 15) is 4.79 Å². The largest absolute Gasteiger partial charge is 0.321 e. The summed E-state index contributed by atoms with van der Waals surface area (Å²) < 4.78 is 0. The Labute approximate surface area is 158 Å². The molecule has 0 saturated heterocycles. The lowest BCUT2D eigenvalue weighted by atomic mass is 9.92. The van der Waals surface area contributed by atoms with Gasteiger partial charge in [-0.25, -0.2) is 0 Å². The van der Waals surface area contributed by atoms with Crippen LogP contribution in [0.1, 0.15) is 46.2 Å². The quantitative estimate of drug-likeness (QED) is 0.726. The molecule has 3 aromatic rings. The monoisotopic (exact) mass is 358 g/mol. The molecule has 0 radical (unpaired) electrons. The predicted molar refractivity (Wildman–Crippen MR) is 105 cm³/mol. The van der Waals surface area contributed by atoms with Crippen molar-refractivity contribution < 1.29 is 4.79 Å². The number of aryl methyl sites for hydroxylation is 1. The molecule has 27 heavy (non-hydrogen) atoms. The molecule has 0 spiro atoms. The third-order valence-electron chi connectivity index (χ3n) is 4.86. The van der Waals surface area contributed by atoms with Gasteiger partial charge in [-0.1, -0.05) is 24.3 Å². The molecule has 5 nitrogen and oxygen atoms in total. The fraction of sp³-hybridized carbons (Fsp3) is 0.227. The number of anilines is 1. The number of rotatable bonds is 5. The van der Waals surface area contributed by atoms with Gasteiger partial charge >= 0.3 is 0 Å². The number of nitrogens with one attached hydrogen (secondary N) is 2. The number of aromatic nitrogens is 2. The first-order valence-electron chi connectivity index (χ1n) is 9.28. The van der Waals surface area contributed by atoms with E-state index in [1.165, 1.54) is 23.2 Å². The zero-order valence-corrected chi connectivity index (χ0v) is 15.1. The molecule has 0 saturated carbocycles. The van der Waals surface area contributed by atoms with Crippen LogP contribution in [0.25, 0.3) is 0 Å². The van der Waals surface area contributed by atoms with Gasteiger partial charge in [-0.15, -0.1) is 0 Å². The summed E-state index contributed by atoms with van der Waals surface area (Å²) in [5.41, 5.74) is 4.89. The van der Waals surface area contributed by atoms with Crippen molar-refractivity contribution in [3.8, 4) is 0 Å². The van der Waals surface area contributed by atoms with E-state index in [1.807, 2.05) is 36.5 Å². The van der Waals surface area contributed by atoms with Crippen LogP contribution < -0.4 is 10.6 Å². The van der Waals surface area contributed by atoms with Crippen LogP contribution in [0.15, 0.2) is 67.0 Å². The van der Waals surface area contributed by atoms with E-state index in [1.54, 1.807) is 24.4 Å². The number of carbonyl (C=O) groups is 1. The van der Waals surface area contributed by atoms with Gasteiger partial charge in [-0.05, 0) is 60.7 Å². The van der Waals surface area contributed by atoms with E-state index in [-0.39, 0.29) is 5.91 Å². The SMILES string of the molecule is O=C(Nc1ccc(CNC2CCCc3cccnc32)cc1)c1ccccn1. The van der Waals surface area contributed by atoms with E-state index < -0.39 is 0 Å². The molecule has 0 aliphatic heterocycles. The fourth-order valence-electron chi connectivity index (χ4n) is 3.45. The van der Waals surface area contributed by atoms with Crippen molar-refractivity contribution in [3.63, 3.8) is 0 Å². The van der Waals surface area contributed by atoms with Gasteiger partial charge in [0.05, 0.1) is 11.7 Å². The predicted octanol–water partition coefficient (Wildman–Crippen LogP) is 3.90. The summed E-state index contributed by atoms with van der Waals surface area (Å²) in [5.74, 6) is -0.202. The van der Waals surface area contributed by atoms with Crippen LogP contribution in [0.5, 0.6) is 0 Å². The standard InChI is InChI=1S/C22H22N4O/c27-22(20-7-1-2-13-23-20)26-18-11-9-16(10-12-18)15-25-19-8-3-5-17-6-4-14-24-21(17)19/h1-2,4,6-7,9-14,19,25H,3,5,8,15H2,(H,26,27). The Hall–Kier alpha value is -3.05. The van der Waals surface area contributed by atoms with Crippen LogP contribution in [-0.2, 0) is 13.0 Å². The first kappa shape index (κ1) is 17.4. The van der Waals surface area contributed by atoms with Crippen LogP contribution in [0, 0.1) is 0 Å². The van der Waals surface area contributed by atoms with Crippen molar-refractivity contribution in [3.05, 3.63) is 89.5 Å². The van der Waals surface area contributed by atoms with Gasteiger partial charge in [0.1, 0.15) is 5.69 Å². The fourth-order valence-corrected chi connectivity index (χ4v) is 3.45. The van der Waals surface area contributed by atoms with Gasteiger partial charge < -0.3 is 10.6 Å². The lowest BCUT2D eigenvalue weighted by Gasteiger charge is -2.25. The van der Waals surface area contributed by atoms with Gasteiger partial charge in [0, 0.05) is 24.6 Å². The minimum Gasteiger partial charge on any atom is -0.321 e. The topological polar surface area (TPSA) is 66.9 Å². The molecule has 0 bridgehead atoms. The maximum atomic E-state index is 12.2. The summed E-state index contributed by atoms with van der Waals surface area (Å²) >= 11 is 0. The van der Waals surface area contributed by atoms with Gasteiger partial charge in [-0.3, -0.25) is 14.8 Å². The Morgan fingerprint density at radius 1 is 1.00 bits per heavy atom. The minimum atomic E-state index is -0.202. The van der Waals surface area contributed by atoms with Gasteiger partial charge in [0.15, 0.2) is 0 Å². The Morgan fingerprint density at radius 2 is 1.85 bits per heavy atom. The summed E-state index contributed by atoms with van der Waals surface area (Å²) in [6.45, 7) is 0.773. The maximum absolute atomic E-state index is 12.2. The number of hydrogen-bond acceptors (Lipinski definition) is 4. The molecule has 1 aliphatic carbocycles. The highest BCUT2D eigenvalue weighted by Crippen LogP contribution is 2.27. The normalized spacial score (nSPS) is 15.8. The summed E-state index contributed by atoms with van der Waals surface area (Å²) in [6.07, 6.45) is 6.91. The van der Waals surface area contributed by atoms with Crippen LogP contribution in [0.4, 0.5) is 5.69 Å². The van der Waals surface area contributed by atoms with Crippen molar-refractivity contribution in [2.24, 2.45) is 0 Å². The number of amides is 1. The first-order chi connectivity index (χ1) is 13.3. The smallest absolute Gasteiger partial charge is 0.274 e. The van der Waals surface area contributed by atoms with Crippen molar-refractivity contribution in [1.82, 2.24) is 15.3 Å². The molecular weight excluding hydrogens is 336 g/mol. The summed E-state index contributed by atoms with van der Waals surface area (Å²) in [4.78, 5) is 20.8. The van der Waals surface area contributed by atoms with Crippen molar-refractivity contribution in [1.29, 1.82) is 0 Å². The molecule has 1 atom stereocenters. The van der Waals surface area contributed by atoms with E-state index in [4.69, 9.17) is 0 Å². The average molecular weight is 358 g/mol. The molecule has 1 amide bonds. The highest BCUT2D eigenvalue weighted by atomic mass is 16.1. The van der Waals surface area contributed by atoms with Crippen molar-refractivity contribution in [2.75, 3.05) is 5.32 Å². The lowest BCUT2D eigenvalue weighted by Crippen LogP contribution is -2.25. The average Bonchev–Trinajstić information content (AvgIpc) is 2.74. The number of fused-ring (bicyclic) bond motifs is 1. The van der Waals surface area contributed by atoms with Gasteiger partial charge in [0.25, 0.3) is 5.91 Å². The second kappa shape index (κ2) is 8.10. The van der Waals surface area contributed by atoms with Crippen LogP contribution in [0.3, 0.4) is 0 Å². The molecule has 2 heterocycles. The summed E-state index contributed by atoms with van der Waals surface area (Å²) in [5, 5.41) is 6.49. The molecular formula is C22H22N4O. The van der Waals surface area contributed by atoms with E-state index in [2.05, 4.69) is 26.7 Å². The molecule has 1 aliphatic rings. The number of nitrogens with zero attached hydrogens (tertiary/aromatic N) is 2. The van der Waals surface area contributed by atoms with Crippen LogP contribution >= 0.6 is 0 Å². The molecule has 2 N–H and O–H groups in total. The van der Waals surface area contributed by atoms with Crippen LogP contribution in [-0.4, -0.2) is 15.9 Å². The molecule has 1 aromatic carbocycles. The third kappa shape index (κ3) is 4.20. The molecule has 136 valence electrons. The second-order valence-electron chi connectivity index (χ2n) is 6.74. The second-order valence-corrected chi connectivity index (χ2v) is 6.74. The minimum absolute atomic E-state index is 0.202. The van der Waals surface area contributed by atoms with E-state index in [0.29, 0.717) is 11.7 Å². The zero-order chi connectivity index (χ0) is 18.5. The maximum Gasteiger partial charge on any atom is 0.274 e. The van der Waals surface area contributed by atoms with Crippen LogP contribution in [0.2, 0.25) is 0 Å². The highest BCUT2D eigenvalue weighted by Gasteiger charge is 2.20. The Kier molecular flexibility index (Phi) is 5.21. The summed E-state index contributed by atoms with van der Waals surface area (Å²) in [7, 11) is 0. The highest BCUT2D eigenvalue weighted by molar-refractivity contribution is 6.02. The zero-order valence-electron chi connectivity index (χ0n) is 15.1. The molecule has 2 aromatic heterocycles. The molecule has 1 unspecified atom stereocenters. The molecule has 5 heteroatoms. The lowest BCUT2D eigenvalue weighted by molar-refractivity contribution is 0.102. The van der Waals surface area contributed by atoms with Gasteiger partial charge in [-0.2, -0.15) is 0 Å². The Morgan fingerprint density at radius 3 is 2.67 bits per heavy atom. The van der Waals surface area contributed by atoms with Crippen molar-refractivity contribution in [2.45, 2.75) is 31.8 Å². The van der Waals surface area contributed by atoms with Gasteiger partial charge in [0.2, 0.25) is 0 Å². The molecule has 4 rings (SSSR count). The number of pyridine rings is 2. The summed E-state index contributed by atoms with van der Waals surface area (Å²) in [6, 6.07) is 17.7. The molecule has 0 fully saturated rings. The third-order valence-corrected chi connectivity index (χ3v) is 4.86. The Bertz CT molecular complexity index is 909. The number of hydrogen-bond donors (Lipinski definition) is 2. The Balaban J connectivity index is 1.36. The number of carbonyl (C=O) groups excluding carboxylic acids is 1. The number of benzene rings is 1. The van der Waals surface area contributed by atoms with E-state index in [0.717, 1.165) is 25.1 Å².